The van der Waals surface area contributed by atoms with Gasteiger partial charge in [-0.1, -0.05) is 12.1 Å². The van der Waals surface area contributed by atoms with Gasteiger partial charge in [0.1, 0.15) is 11.9 Å². The van der Waals surface area contributed by atoms with Crippen molar-refractivity contribution in [3.63, 3.8) is 0 Å². The van der Waals surface area contributed by atoms with Crippen molar-refractivity contribution in [3.05, 3.63) is 30.2 Å². The van der Waals surface area contributed by atoms with E-state index in [1.54, 1.807) is 24.3 Å². The number of rotatable bonds is 1. The van der Waals surface area contributed by atoms with Crippen molar-refractivity contribution in [2.24, 2.45) is 0 Å². The van der Waals surface area contributed by atoms with Gasteiger partial charge in [0.25, 0.3) is 0 Å². The predicted molar refractivity (Wildman–Crippen MR) is 43.8 cm³/mol. The van der Waals surface area contributed by atoms with Crippen LogP contribution in [0.25, 0.3) is 11.1 Å². The maximum absolute atomic E-state index is 12.0. The van der Waals surface area contributed by atoms with Crippen molar-refractivity contribution in [3.8, 4) is 0 Å². The highest BCUT2D eigenvalue weighted by molar-refractivity contribution is 5.72. The molecule has 0 bridgehead atoms. The third-order valence-corrected chi connectivity index (χ3v) is 1.69. The van der Waals surface area contributed by atoms with Gasteiger partial charge in [0, 0.05) is 0 Å². The molecule has 0 atom stereocenters. The van der Waals surface area contributed by atoms with Crippen LogP contribution in [0.4, 0.5) is 13.2 Å². The second-order valence-corrected chi connectivity index (χ2v) is 2.87. The fourth-order valence-corrected chi connectivity index (χ4v) is 1.17. The Morgan fingerprint density at radius 3 is 2.57 bits per heavy atom. The molecule has 14 heavy (non-hydrogen) atoms. The first-order valence-electron chi connectivity index (χ1n) is 3.96. The van der Waals surface area contributed by atoms with E-state index in [0.717, 1.165) is 0 Å². The monoisotopic (exact) mass is 201 g/mol. The van der Waals surface area contributed by atoms with Crippen LogP contribution in [-0.2, 0) is 6.42 Å². The average Bonchev–Trinajstić information content (AvgIpc) is 2.42. The second-order valence-electron chi connectivity index (χ2n) is 2.87. The number of oxazole rings is 1. The van der Waals surface area contributed by atoms with E-state index in [-0.39, 0.29) is 5.89 Å². The summed E-state index contributed by atoms with van der Waals surface area (Å²) >= 11 is 0. The number of nitrogens with zero attached hydrogens (tertiary/aromatic N) is 1. The molecular formula is C9H6F3NO. The van der Waals surface area contributed by atoms with Crippen molar-refractivity contribution in [1.29, 1.82) is 0 Å². The molecule has 1 aromatic heterocycles. The van der Waals surface area contributed by atoms with Crippen LogP contribution in [0.1, 0.15) is 5.89 Å². The topological polar surface area (TPSA) is 26.0 Å². The van der Waals surface area contributed by atoms with Crippen LogP contribution < -0.4 is 0 Å². The number of hydrogen-bond acceptors (Lipinski definition) is 2. The Labute approximate surface area is 77.4 Å². The third-order valence-electron chi connectivity index (χ3n) is 1.69. The van der Waals surface area contributed by atoms with Crippen LogP contribution in [-0.4, -0.2) is 11.2 Å². The Morgan fingerprint density at radius 2 is 1.93 bits per heavy atom. The van der Waals surface area contributed by atoms with Crippen molar-refractivity contribution in [1.82, 2.24) is 4.98 Å². The normalized spacial score (nSPS) is 12.2. The molecule has 1 heterocycles. The molecule has 1 aromatic carbocycles. The van der Waals surface area contributed by atoms with Gasteiger partial charge in [-0.2, -0.15) is 13.2 Å². The number of hydrogen-bond donors (Lipinski definition) is 0. The van der Waals surface area contributed by atoms with Gasteiger partial charge < -0.3 is 4.42 Å². The molecule has 0 aliphatic heterocycles. The molecule has 0 aliphatic carbocycles. The summed E-state index contributed by atoms with van der Waals surface area (Å²) in [6, 6.07) is 6.58. The summed E-state index contributed by atoms with van der Waals surface area (Å²) < 4.78 is 40.8. The Hall–Kier alpha value is -1.52. The summed E-state index contributed by atoms with van der Waals surface area (Å²) in [4.78, 5) is 3.71. The van der Waals surface area contributed by atoms with Crippen molar-refractivity contribution < 1.29 is 17.6 Å². The van der Waals surface area contributed by atoms with Gasteiger partial charge >= 0.3 is 6.18 Å². The second kappa shape index (κ2) is 3.01. The van der Waals surface area contributed by atoms with Gasteiger partial charge in [-0.25, -0.2) is 4.98 Å². The lowest BCUT2D eigenvalue weighted by Crippen LogP contribution is -2.11. The van der Waals surface area contributed by atoms with Crippen LogP contribution in [0.15, 0.2) is 28.7 Å². The van der Waals surface area contributed by atoms with E-state index in [1.165, 1.54) is 0 Å². The molecule has 0 fully saturated rings. The smallest absolute Gasteiger partial charge is 0.397 e. The number of alkyl halides is 3. The van der Waals surface area contributed by atoms with Crippen molar-refractivity contribution in [2.45, 2.75) is 12.6 Å². The minimum Gasteiger partial charge on any atom is -0.440 e. The zero-order valence-corrected chi connectivity index (χ0v) is 7.01. The zero-order chi connectivity index (χ0) is 10.2. The summed E-state index contributed by atoms with van der Waals surface area (Å²) in [5.74, 6) is -0.293. The SMILES string of the molecule is FC(F)(F)Cc1nc2ccccc2o1. The molecule has 0 N–H and O–H groups in total. The van der Waals surface area contributed by atoms with Gasteiger partial charge in [-0.05, 0) is 12.1 Å². The minimum absolute atomic E-state index is 0.293. The molecule has 0 spiro atoms. The maximum atomic E-state index is 12.0. The summed E-state index contributed by atoms with van der Waals surface area (Å²) in [5.41, 5.74) is 0.832. The lowest BCUT2D eigenvalue weighted by molar-refractivity contribution is -0.130. The average molecular weight is 201 g/mol. The first-order valence-corrected chi connectivity index (χ1v) is 3.96. The maximum Gasteiger partial charge on any atom is 0.397 e. The quantitative estimate of drug-likeness (QED) is 0.708. The predicted octanol–water partition coefficient (Wildman–Crippen LogP) is 2.93. The third kappa shape index (κ3) is 1.86. The minimum atomic E-state index is -4.28. The van der Waals surface area contributed by atoms with E-state index in [9.17, 15) is 13.2 Å². The summed E-state index contributed by atoms with van der Waals surface area (Å²) in [7, 11) is 0. The molecule has 5 heteroatoms. The fraction of sp³-hybridized carbons (Fsp3) is 0.222. The number of benzene rings is 1. The van der Waals surface area contributed by atoms with Crippen LogP contribution in [0.5, 0.6) is 0 Å². The standard InChI is InChI=1S/C9H6F3NO/c10-9(11,12)5-8-13-6-3-1-2-4-7(6)14-8/h1-4H,5H2. The fourth-order valence-electron chi connectivity index (χ4n) is 1.17. The van der Waals surface area contributed by atoms with Crippen LogP contribution in [0.2, 0.25) is 0 Å². The molecule has 0 saturated carbocycles. The van der Waals surface area contributed by atoms with Crippen LogP contribution in [0, 0.1) is 0 Å². The van der Waals surface area contributed by atoms with Gasteiger partial charge in [-0.15, -0.1) is 0 Å². The van der Waals surface area contributed by atoms with Crippen molar-refractivity contribution in [2.75, 3.05) is 0 Å². The molecule has 74 valence electrons. The van der Waals surface area contributed by atoms with E-state index >= 15 is 0 Å². The van der Waals surface area contributed by atoms with E-state index in [1.807, 2.05) is 0 Å². The lowest BCUT2D eigenvalue weighted by atomic mass is 10.3. The van der Waals surface area contributed by atoms with Crippen LogP contribution in [0.3, 0.4) is 0 Å². The van der Waals surface area contributed by atoms with Gasteiger partial charge in [0.2, 0.25) is 5.89 Å². The van der Waals surface area contributed by atoms with E-state index in [0.29, 0.717) is 11.1 Å². The summed E-state index contributed by atoms with van der Waals surface area (Å²) in [6.45, 7) is 0. The molecule has 2 aromatic rings. The van der Waals surface area contributed by atoms with Gasteiger partial charge in [0.15, 0.2) is 5.58 Å². The first kappa shape index (κ1) is 9.05. The molecule has 2 nitrogen and oxygen atoms in total. The summed E-state index contributed by atoms with van der Waals surface area (Å²) in [6.07, 6.45) is -5.40. The van der Waals surface area contributed by atoms with E-state index in [2.05, 4.69) is 4.98 Å². The van der Waals surface area contributed by atoms with Crippen molar-refractivity contribution >= 4 is 11.1 Å². The zero-order valence-electron chi connectivity index (χ0n) is 7.01. The Bertz CT molecular complexity index is 413. The highest BCUT2D eigenvalue weighted by atomic mass is 19.4. The van der Waals surface area contributed by atoms with Gasteiger partial charge in [-0.3, -0.25) is 0 Å². The molecule has 0 aliphatic rings. The molecule has 0 amide bonds. The Kier molecular flexibility index (Phi) is 1.94. The molecule has 0 radical (unpaired) electrons. The lowest BCUT2D eigenvalue weighted by Gasteiger charge is -2.00. The number of fused-ring (bicyclic) bond motifs is 1. The number of halogens is 3. The van der Waals surface area contributed by atoms with E-state index < -0.39 is 12.6 Å². The number of para-hydroxylation sites is 2. The largest absolute Gasteiger partial charge is 0.440 e. The first-order chi connectivity index (χ1) is 6.54. The molecule has 0 unspecified atom stereocenters. The Morgan fingerprint density at radius 1 is 1.21 bits per heavy atom. The Balaban J connectivity index is 2.36. The molecule has 0 saturated heterocycles. The summed E-state index contributed by atoms with van der Waals surface area (Å²) in [5, 5.41) is 0. The molecular weight excluding hydrogens is 195 g/mol. The van der Waals surface area contributed by atoms with Gasteiger partial charge in [0.05, 0.1) is 0 Å². The highest BCUT2D eigenvalue weighted by Gasteiger charge is 2.30. The van der Waals surface area contributed by atoms with Crippen LogP contribution >= 0.6 is 0 Å². The highest BCUT2D eigenvalue weighted by Crippen LogP contribution is 2.23. The molecule has 2 rings (SSSR count). The van der Waals surface area contributed by atoms with E-state index in [4.69, 9.17) is 4.42 Å². The number of aromatic nitrogens is 1.